The third-order valence-corrected chi connectivity index (χ3v) is 7.08. The fraction of sp³-hybridized carbons (Fsp3) is 0.0769. The number of Topliss-reactive ketones (excluding diaryl/α,β-unsaturated/α-hetero) is 1. The van der Waals surface area contributed by atoms with Crippen LogP contribution >= 0.6 is 34.5 Å². The van der Waals surface area contributed by atoms with E-state index in [4.69, 9.17) is 27.9 Å². The van der Waals surface area contributed by atoms with E-state index in [1.165, 1.54) is 23.0 Å². The van der Waals surface area contributed by atoms with E-state index in [0.717, 1.165) is 4.70 Å². The lowest BCUT2D eigenvalue weighted by Gasteiger charge is -2.11. The van der Waals surface area contributed by atoms with Crippen molar-refractivity contribution in [2.24, 2.45) is 0 Å². The highest BCUT2D eigenvalue weighted by Crippen LogP contribution is 2.45. The number of rotatable bonds is 6. The second-order valence-corrected chi connectivity index (χ2v) is 9.64. The van der Waals surface area contributed by atoms with Crippen molar-refractivity contribution in [3.05, 3.63) is 87.9 Å². The number of ketones is 1. The molecule has 0 amide bonds. The van der Waals surface area contributed by atoms with E-state index in [1.54, 1.807) is 60.7 Å². The van der Waals surface area contributed by atoms with Crippen LogP contribution in [0, 0.1) is 0 Å². The molecule has 0 aliphatic carbocycles. The van der Waals surface area contributed by atoms with E-state index < -0.39 is 17.4 Å². The van der Waals surface area contributed by atoms with E-state index in [-0.39, 0.29) is 12.0 Å². The highest BCUT2D eigenvalue weighted by molar-refractivity contribution is 7.20. The summed E-state index contributed by atoms with van der Waals surface area (Å²) in [5.41, 5.74) is 2.19. The van der Waals surface area contributed by atoms with Crippen molar-refractivity contribution in [3.8, 4) is 33.8 Å². The predicted molar refractivity (Wildman–Crippen MR) is 139 cm³/mol. The Bertz CT molecular complexity index is 1570. The number of ether oxygens (including phenoxy) is 1. The Balaban J connectivity index is 1.72. The van der Waals surface area contributed by atoms with Gasteiger partial charge in [-0.2, -0.15) is 0 Å². The van der Waals surface area contributed by atoms with Crippen LogP contribution in [0.15, 0.2) is 66.7 Å². The highest BCUT2D eigenvalue weighted by atomic mass is 35.5. The molecule has 3 aromatic carbocycles. The number of benzene rings is 3. The molecule has 2 heterocycles. The van der Waals surface area contributed by atoms with Crippen molar-refractivity contribution in [3.63, 3.8) is 0 Å². The fourth-order valence-electron chi connectivity index (χ4n) is 3.97. The minimum atomic E-state index is -0.521. The zero-order chi connectivity index (χ0) is 24.7. The van der Waals surface area contributed by atoms with E-state index >= 15 is 0 Å². The summed E-state index contributed by atoms with van der Waals surface area (Å²) in [6.07, 6.45) is -0.0446. The van der Waals surface area contributed by atoms with Gasteiger partial charge in [0.1, 0.15) is 5.75 Å². The van der Waals surface area contributed by atoms with Crippen LogP contribution in [0.2, 0.25) is 10.0 Å². The summed E-state index contributed by atoms with van der Waals surface area (Å²) in [6, 6.07) is 19.2. The second-order valence-electron chi connectivity index (χ2n) is 7.76. The average molecular weight is 525 g/mol. The number of para-hydroxylation sites is 1. The summed E-state index contributed by atoms with van der Waals surface area (Å²) in [6.45, 7) is 0. The summed E-state index contributed by atoms with van der Waals surface area (Å²) in [4.78, 5) is 18.2. The molecule has 9 heteroatoms. The summed E-state index contributed by atoms with van der Waals surface area (Å²) in [5, 5.41) is 23.4. The summed E-state index contributed by atoms with van der Waals surface area (Å²) >= 11 is 13.5. The number of aromatic nitrogens is 2. The maximum Gasteiger partial charge on any atom is 0.242 e. The molecule has 176 valence electrons. The van der Waals surface area contributed by atoms with Gasteiger partial charge in [0, 0.05) is 22.0 Å². The van der Waals surface area contributed by atoms with E-state index in [0.29, 0.717) is 43.3 Å². The van der Waals surface area contributed by atoms with Gasteiger partial charge in [0.2, 0.25) is 5.88 Å². The largest absolute Gasteiger partial charge is 0.503 e. The third-order valence-electron chi connectivity index (χ3n) is 5.59. The second kappa shape index (κ2) is 9.26. The molecule has 0 saturated carbocycles. The molecular weight excluding hydrogens is 507 g/mol. The Hall–Kier alpha value is -3.52. The smallest absolute Gasteiger partial charge is 0.242 e. The van der Waals surface area contributed by atoms with Crippen LogP contribution in [0.25, 0.3) is 26.6 Å². The first kappa shape index (κ1) is 23.2. The lowest BCUT2D eigenvalue weighted by Crippen LogP contribution is -2.07. The molecule has 6 nitrogen and oxygen atoms in total. The van der Waals surface area contributed by atoms with Crippen molar-refractivity contribution in [1.82, 2.24) is 9.55 Å². The third kappa shape index (κ3) is 4.23. The minimum Gasteiger partial charge on any atom is -0.503 e. The first-order valence-corrected chi connectivity index (χ1v) is 12.1. The molecular formula is C26H18Cl2N2O4S. The maximum atomic E-state index is 13.6. The van der Waals surface area contributed by atoms with Gasteiger partial charge in [0.15, 0.2) is 16.7 Å². The first-order valence-electron chi connectivity index (χ1n) is 10.5. The van der Waals surface area contributed by atoms with Gasteiger partial charge in [-0.05, 0) is 42.0 Å². The van der Waals surface area contributed by atoms with Crippen molar-refractivity contribution < 1.29 is 19.7 Å². The number of fused-ring (bicyclic) bond motifs is 1. The van der Waals surface area contributed by atoms with Gasteiger partial charge < -0.3 is 14.9 Å². The molecule has 0 bridgehead atoms. The number of thiazole rings is 1. The standard InChI is InChI=1S/C26H18Cl2N2O4S/c1-34-20-5-3-2-4-15(20)12-19(31)22-23(14-6-8-16(27)9-7-14)30(25(33)24(22)32)26-29-18-11-10-17(28)13-21(18)35-26/h2-11,13,32-33H,12H2,1H3. The van der Waals surface area contributed by atoms with Crippen molar-refractivity contribution in [1.29, 1.82) is 0 Å². The van der Waals surface area contributed by atoms with Gasteiger partial charge in [0.25, 0.3) is 0 Å². The number of hydrogen-bond acceptors (Lipinski definition) is 6. The number of aromatic hydroxyl groups is 2. The predicted octanol–water partition coefficient (Wildman–Crippen LogP) is 6.91. The monoisotopic (exact) mass is 524 g/mol. The Morgan fingerprint density at radius 1 is 1.03 bits per heavy atom. The lowest BCUT2D eigenvalue weighted by molar-refractivity contribution is 0.0990. The maximum absolute atomic E-state index is 13.6. The minimum absolute atomic E-state index is 0.0204. The summed E-state index contributed by atoms with van der Waals surface area (Å²) in [7, 11) is 1.53. The molecule has 0 aliphatic heterocycles. The van der Waals surface area contributed by atoms with Crippen LogP contribution in [0.5, 0.6) is 17.4 Å². The molecule has 2 N–H and O–H groups in total. The topological polar surface area (TPSA) is 84.6 Å². The van der Waals surface area contributed by atoms with Gasteiger partial charge >= 0.3 is 0 Å². The molecule has 35 heavy (non-hydrogen) atoms. The Morgan fingerprint density at radius 2 is 1.74 bits per heavy atom. The number of methoxy groups -OCH3 is 1. The van der Waals surface area contributed by atoms with Gasteiger partial charge in [-0.3, -0.25) is 9.36 Å². The SMILES string of the molecule is COc1ccccc1CC(=O)c1c(O)c(O)n(-c2nc3ccc(Cl)cc3s2)c1-c1ccc(Cl)cc1. The molecule has 0 aliphatic rings. The Morgan fingerprint density at radius 3 is 2.49 bits per heavy atom. The Kier molecular flexibility index (Phi) is 6.15. The molecule has 0 fully saturated rings. The van der Waals surface area contributed by atoms with Gasteiger partial charge in [-0.1, -0.05) is 64.9 Å². The van der Waals surface area contributed by atoms with Crippen molar-refractivity contribution >= 4 is 50.5 Å². The van der Waals surface area contributed by atoms with Crippen LogP contribution in [-0.4, -0.2) is 32.7 Å². The Labute approximate surface area is 214 Å². The molecule has 5 rings (SSSR count). The number of halogens is 2. The number of carbonyl (C=O) groups excluding carboxylic acids is 1. The van der Waals surface area contributed by atoms with Crippen LogP contribution in [0.3, 0.4) is 0 Å². The molecule has 5 aromatic rings. The average Bonchev–Trinajstić information content (AvgIpc) is 3.37. The van der Waals surface area contributed by atoms with Crippen molar-refractivity contribution in [2.75, 3.05) is 7.11 Å². The number of carbonyl (C=O) groups is 1. The van der Waals surface area contributed by atoms with Gasteiger partial charge in [-0.25, -0.2) is 4.98 Å². The molecule has 0 saturated heterocycles. The first-order chi connectivity index (χ1) is 16.9. The van der Waals surface area contributed by atoms with Crippen LogP contribution in [0.4, 0.5) is 0 Å². The van der Waals surface area contributed by atoms with E-state index in [1.807, 2.05) is 6.07 Å². The lowest BCUT2D eigenvalue weighted by atomic mass is 9.99. The molecule has 2 aromatic heterocycles. The van der Waals surface area contributed by atoms with Gasteiger partial charge in [0.05, 0.1) is 28.6 Å². The normalized spacial score (nSPS) is 11.2. The fourth-order valence-corrected chi connectivity index (χ4v) is 5.35. The van der Waals surface area contributed by atoms with Crippen LogP contribution < -0.4 is 4.74 Å². The molecule has 0 unspecified atom stereocenters. The molecule has 0 spiro atoms. The highest BCUT2D eigenvalue weighted by Gasteiger charge is 2.30. The quantitative estimate of drug-likeness (QED) is 0.236. The van der Waals surface area contributed by atoms with Crippen LogP contribution in [0.1, 0.15) is 15.9 Å². The summed E-state index contributed by atoms with van der Waals surface area (Å²) in [5.74, 6) is -0.842. The number of nitrogens with zero attached hydrogens (tertiary/aromatic N) is 2. The number of hydrogen-bond donors (Lipinski definition) is 2. The zero-order valence-electron chi connectivity index (χ0n) is 18.3. The van der Waals surface area contributed by atoms with Crippen molar-refractivity contribution in [2.45, 2.75) is 6.42 Å². The molecule has 0 atom stereocenters. The van der Waals surface area contributed by atoms with E-state index in [9.17, 15) is 15.0 Å². The molecule has 0 radical (unpaired) electrons. The zero-order valence-corrected chi connectivity index (χ0v) is 20.7. The van der Waals surface area contributed by atoms with Gasteiger partial charge in [-0.15, -0.1) is 0 Å². The van der Waals surface area contributed by atoms with E-state index in [2.05, 4.69) is 4.98 Å². The van der Waals surface area contributed by atoms with Crippen LogP contribution in [-0.2, 0) is 6.42 Å². The summed E-state index contributed by atoms with van der Waals surface area (Å²) < 4.78 is 7.56.